The fraction of sp³-hybridized carbons (Fsp3) is 0.684. The Morgan fingerprint density at radius 3 is 2.52 bits per heavy atom. The normalized spacial score (nSPS) is 26.3. The van der Waals surface area contributed by atoms with Crippen LogP contribution >= 0.6 is 0 Å². The van der Waals surface area contributed by atoms with E-state index in [1.807, 2.05) is 0 Å². The number of aliphatic hydroxyl groups is 1. The number of aliphatic hydroxyl groups excluding tert-OH is 1. The van der Waals surface area contributed by atoms with Crippen LogP contribution in [0.15, 0.2) is 18.2 Å². The molecule has 0 radical (unpaired) electrons. The number of benzene rings is 1. The van der Waals surface area contributed by atoms with E-state index in [2.05, 4.69) is 52.8 Å². The van der Waals surface area contributed by atoms with Crippen LogP contribution in [0.25, 0.3) is 0 Å². The maximum atomic E-state index is 10.3. The third-order valence-electron chi connectivity index (χ3n) is 4.36. The summed E-state index contributed by atoms with van der Waals surface area (Å²) < 4.78 is 11.7. The van der Waals surface area contributed by atoms with Gasteiger partial charge in [0.2, 0.25) is 0 Å². The van der Waals surface area contributed by atoms with Gasteiger partial charge in [-0.05, 0) is 43.9 Å². The largest absolute Gasteiger partial charge is 0.490 e. The SMILES string of the molecule is Cc1ccc(C(C)C)c(OC[C@@H](O)C[NH+]2C[C@@H](C)O[C@@H](C)C2)c1. The van der Waals surface area contributed by atoms with Gasteiger partial charge in [-0.1, -0.05) is 26.0 Å². The maximum Gasteiger partial charge on any atom is 0.137 e. The minimum absolute atomic E-state index is 0.256. The number of hydrogen-bond donors (Lipinski definition) is 2. The van der Waals surface area contributed by atoms with Gasteiger partial charge in [-0.2, -0.15) is 0 Å². The molecule has 1 unspecified atom stereocenters. The molecular weight excluding hydrogens is 290 g/mol. The molecule has 130 valence electrons. The lowest BCUT2D eigenvalue weighted by Gasteiger charge is -2.33. The summed E-state index contributed by atoms with van der Waals surface area (Å²) in [6, 6.07) is 6.30. The van der Waals surface area contributed by atoms with E-state index in [0.717, 1.165) is 18.8 Å². The highest BCUT2D eigenvalue weighted by Gasteiger charge is 2.27. The molecule has 23 heavy (non-hydrogen) atoms. The van der Waals surface area contributed by atoms with Gasteiger partial charge < -0.3 is 19.5 Å². The van der Waals surface area contributed by atoms with E-state index in [4.69, 9.17) is 9.47 Å². The third-order valence-corrected chi connectivity index (χ3v) is 4.36. The minimum Gasteiger partial charge on any atom is -0.490 e. The number of hydrogen-bond acceptors (Lipinski definition) is 3. The smallest absolute Gasteiger partial charge is 0.137 e. The van der Waals surface area contributed by atoms with Crippen molar-refractivity contribution >= 4 is 0 Å². The Bertz CT molecular complexity index is 493. The second kappa shape index (κ2) is 8.13. The van der Waals surface area contributed by atoms with Crippen LogP contribution in [0.2, 0.25) is 0 Å². The van der Waals surface area contributed by atoms with Gasteiger partial charge >= 0.3 is 0 Å². The number of morpholine rings is 1. The molecule has 0 aromatic heterocycles. The van der Waals surface area contributed by atoms with E-state index < -0.39 is 6.10 Å². The van der Waals surface area contributed by atoms with Crippen molar-refractivity contribution < 1.29 is 19.5 Å². The standard InChI is InChI=1S/C19H31NO3/c1-13(2)18-7-6-14(3)8-19(18)22-12-17(21)11-20-9-15(4)23-16(5)10-20/h6-8,13,15-17,21H,9-12H2,1-5H3/p+1/t15-,16+,17-/m0/s1. The summed E-state index contributed by atoms with van der Waals surface area (Å²) in [4.78, 5) is 1.39. The fourth-order valence-corrected chi connectivity index (χ4v) is 3.38. The average Bonchev–Trinajstić information content (AvgIpc) is 2.43. The first-order valence-corrected chi connectivity index (χ1v) is 8.75. The Labute approximate surface area is 140 Å². The molecule has 4 heteroatoms. The number of quaternary nitrogens is 1. The molecule has 1 aliphatic heterocycles. The van der Waals surface area contributed by atoms with Crippen molar-refractivity contribution in [3.8, 4) is 5.75 Å². The van der Waals surface area contributed by atoms with E-state index in [1.54, 1.807) is 0 Å². The highest BCUT2D eigenvalue weighted by Crippen LogP contribution is 2.27. The van der Waals surface area contributed by atoms with Crippen LogP contribution in [0.4, 0.5) is 0 Å². The molecule has 0 amide bonds. The highest BCUT2D eigenvalue weighted by atomic mass is 16.5. The van der Waals surface area contributed by atoms with Gasteiger partial charge in [0.05, 0.1) is 0 Å². The quantitative estimate of drug-likeness (QED) is 0.835. The van der Waals surface area contributed by atoms with E-state index >= 15 is 0 Å². The topological polar surface area (TPSA) is 43.1 Å². The Balaban J connectivity index is 1.89. The zero-order valence-corrected chi connectivity index (χ0v) is 15.1. The van der Waals surface area contributed by atoms with Gasteiger partial charge in [-0.3, -0.25) is 0 Å². The van der Waals surface area contributed by atoms with Crippen molar-refractivity contribution in [1.29, 1.82) is 0 Å². The molecule has 4 atom stereocenters. The highest BCUT2D eigenvalue weighted by molar-refractivity contribution is 5.39. The van der Waals surface area contributed by atoms with Crippen LogP contribution in [0.1, 0.15) is 44.7 Å². The second-order valence-electron chi connectivity index (χ2n) is 7.28. The van der Waals surface area contributed by atoms with Gasteiger partial charge in [0.1, 0.15) is 50.3 Å². The van der Waals surface area contributed by atoms with Gasteiger partial charge in [-0.15, -0.1) is 0 Å². The number of nitrogens with one attached hydrogen (secondary N) is 1. The molecule has 1 aliphatic rings. The van der Waals surface area contributed by atoms with Crippen molar-refractivity contribution in [2.75, 3.05) is 26.2 Å². The fourth-order valence-electron chi connectivity index (χ4n) is 3.38. The molecule has 2 N–H and O–H groups in total. The van der Waals surface area contributed by atoms with Gasteiger partial charge in [0.25, 0.3) is 0 Å². The molecule has 1 saturated heterocycles. The molecule has 2 rings (SSSR count). The summed E-state index contributed by atoms with van der Waals surface area (Å²) in [5, 5.41) is 10.3. The number of ether oxygens (including phenoxy) is 2. The monoisotopic (exact) mass is 322 g/mol. The van der Waals surface area contributed by atoms with Crippen LogP contribution in [-0.4, -0.2) is 49.7 Å². The molecule has 1 fully saturated rings. The van der Waals surface area contributed by atoms with E-state index in [1.165, 1.54) is 16.0 Å². The number of rotatable bonds is 6. The zero-order valence-electron chi connectivity index (χ0n) is 15.1. The molecule has 0 spiro atoms. The molecule has 4 nitrogen and oxygen atoms in total. The summed E-state index contributed by atoms with van der Waals surface area (Å²) in [5.74, 6) is 1.31. The third kappa shape index (κ3) is 5.48. The van der Waals surface area contributed by atoms with Crippen LogP contribution in [0.5, 0.6) is 5.75 Å². The van der Waals surface area contributed by atoms with Crippen molar-refractivity contribution in [3.05, 3.63) is 29.3 Å². The molecule has 1 heterocycles. The van der Waals surface area contributed by atoms with Crippen molar-refractivity contribution in [1.82, 2.24) is 0 Å². The zero-order chi connectivity index (χ0) is 17.0. The van der Waals surface area contributed by atoms with Crippen molar-refractivity contribution in [2.24, 2.45) is 0 Å². The molecule has 1 aromatic rings. The van der Waals surface area contributed by atoms with Crippen LogP contribution in [0.3, 0.4) is 0 Å². The number of aryl methyl sites for hydroxylation is 1. The predicted octanol–water partition coefficient (Wildman–Crippen LogP) is 1.55. The Hall–Kier alpha value is -1.10. The summed E-state index contributed by atoms with van der Waals surface area (Å²) in [6.45, 7) is 13.5. The molecule has 0 saturated carbocycles. The van der Waals surface area contributed by atoms with Crippen LogP contribution < -0.4 is 9.64 Å². The van der Waals surface area contributed by atoms with Crippen molar-refractivity contribution in [2.45, 2.75) is 58.8 Å². The first-order chi connectivity index (χ1) is 10.8. The van der Waals surface area contributed by atoms with Crippen LogP contribution in [0, 0.1) is 6.92 Å². The first-order valence-electron chi connectivity index (χ1n) is 8.75. The summed E-state index contributed by atoms with van der Waals surface area (Å²) in [7, 11) is 0. The van der Waals surface area contributed by atoms with E-state index in [0.29, 0.717) is 19.1 Å². The van der Waals surface area contributed by atoms with Gasteiger partial charge in [-0.25, -0.2) is 0 Å². The van der Waals surface area contributed by atoms with E-state index in [9.17, 15) is 5.11 Å². The Morgan fingerprint density at radius 1 is 1.26 bits per heavy atom. The predicted molar refractivity (Wildman–Crippen MR) is 92.3 cm³/mol. The molecule has 0 aliphatic carbocycles. The lowest BCUT2D eigenvalue weighted by atomic mass is 10.0. The summed E-state index contributed by atoms with van der Waals surface area (Å²) >= 11 is 0. The van der Waals surface area contributed by atoms with Gasteiger partial charge in [0, 0.05) is 0 Å². The Kier molecular flexibility index (Phi) is 6.45. The molecule has 1 aromatic carbocycles. The second-order valence-corrected chi connectivity index (χ2v) is 7.28. The van der Waals surface area contributed by atoms with Gasteiger partial charge in [0.15, 0.2) is 0 Å². The van der Waals surface area contributed by atoms with Crippen LogP contribution in [-0.2, 0) is 4.74 Å². The lowest BCUT2D eigenvalue weighted by Crippen LogP contribution is -3.16. The molecular formula is C19H32NO3+. The maximum absolute atomic E-state index is 10.3. The Morgan fingerprint density at radius 2 is 1.91 bits per heavy atom. The first kappa shape index (κ1) is 18.2. The average molecular weight is 322 g/mol. The summed E-state index contributed by atoms with van der Waals surface area (Å²) in [5.41, 5.74) is 2.38. The lowest BCUT2D eigenvalue weighted by molar-refractivity contribution is -0.918. The van der Waals surface area contributed by atoms with Crippen molar-refractivity contribution in [3.63, 3.8) is 0 Å². The molecule has 0 bridgehead atoms. The minimum atomic E-state index is -0.456. The summed E-state index contributed by atoms with van der Waals surface area (Å²) in [6.07, 6.45) is 0.0559. The van der Waals surface area contributed by atoms with E-state index in [-0.39, 0.29) is 12.2 Å².